The molecule has 0 atom stereocenters. The second-order valence-corrected chi connectivity index (χ2v) is 5.33. The smallest absolute Gasteiger partial charge is 0.216 e. The summed E-state index contributed by atoms with van der Waals surface area (Å²) in [7, 11) is 0. The van der Waals surface area contributed by atoms with Crippen LogP contribution in [0.2, 0.25) is 5.02 Å². The van der Waals surface area contributed by atoms with Crippen LogP contribution in [0, 0.1) is 4.77 Å². The Kier molecular flexibility index (Phi) is 5.09. The number of halogens is 1. The zero-order valence-corrected chi connectivity index (χ0v) is 13.1. The largest absolute Gasteiger partial charge is 0.250 e. The molecular formula is C14H17ClN4S. The van der Waals surface area contributed by atoms with E-state index in [9.17, 15) is 0 Å². The second-order valence-electron chi connectivity index (χ2n) is 4.51. The Balaban J connectivity index is 2.31. The molecular weight excluding hydrogens is 292 g/mol. The van der Waals surface area contributed by atoms with Crippen LogP contribution in [-0.2, 0) is 0 Å². The van der Waals surface area contributed by atoms with E-state index in [-0.39, 0.29) is 0 Å². The molecule has 0 radical (unpaired) electrons. The highest BCUT2D eigenvalue weighted by molar-refractivity contribution is 7.71. The van der Waals surface area contributed by atoms with E-state index < -0.39 is 0 Å². The minimum absolute atomic E-state index is 0.352. The molecule has 0 saturated carbocycles. The molecule has 0 bridgehead atoms. The van der Waals surface area contributed by atoms with E-state index in [1.807, 2.05) is 24.3 Å². The van der Waals surface area contributed by atoms with Crippen molar-refractivity contribution in [2.75, 3.05) is 0 Å². The Labute approximate surface area is 128 Å². The van der Waals surface area contributed by atoms with Crippen molar-refractivity contribution in [3.8, 4) is 0 Å². The summed E-state index contributed by atoms with van der Waals surface area (Å²) in [5.41, 5.74) is 0.966. The normalized spacial score (nSPS) is 11.6. The van der Waals surface area contributed by atoms with Crippen LogP contribution >= 0.6 is 23.8 Å². The van der Waals surface area contributed by atoms with Gasteiger partial charge in [0, 0.05) is 10.9 Å². The number of rotatable bonds is 5. The highest BCUT2D eigenvalue weighted by Gasteiger charge is 2.14. The van der Waals surface area contributed by atoms with Crippen molar-refractivity contribution in [1.29, 1.82) is 0 Å². The minimum atomic E-state index is 0.352. The third-order valence-electron chi connectivity index (χ3n) is 3.22. The van der Waals surface area contributed by atoms with Crippen molar-refractivity contribution in [2.45, 2.75) is 32.6 Å². The fraction of sp³-hybridized carbons (Fsp3) is 0.357. The highest BCUT2D eigenvalue weighted by Crippen LogP contribution is 2.21. The number of benzene rings is 1. The van der Waals surface area contributed by atoms with E-state index in [0.717, 1.165) is 24.2 Å². The molecule has 4 nitrogen and oxygen atoms in total. The van der Waals surface area contributed by atoms with Crippen LogP contribution in [0.25, 0.3) is 0 Å². The molecule has 0 amide bonds. The third-order valence-corrected chi connectivity index (χ3v) is 3.73. The molecule has 0 spiro atoms. The summed E-state index contributed by atoms with van der Waals surface area (Å²) in [5.74, 6) is 1.23. The van der Waals surface area contributed by atoms with Gasteiger partial charge in [-0.2, -0.15) is 14.9 Å². The lowest BCUT2D eigenvalue weighted by Crippen LogP contribution is -2.05. The molecule has 0 aliphatic carbocycles. The zero-order valence-electron chi connectivity index (χ0n) is 11.5. The van der Waals surface area contributed by atoms with Crippen LogP contribution in [-0.4, -0.2) is 21.1 Å². The predicted octanol–water partition coefficient (Wildman–Crippen LogP) is 4.38. The number of hydrogen-bond acceptors (Lipinski definition) is 3. The van der Waals surface area contributed by atoms with Gasteiger partial charge in [0.2, 0.25) is 4.77 Å². The number of aromatic amines is 1. The predicted molar refractivity (Wildman–Crippen MR) is 85.2 cm³/mol. The van der Waals surface area contributed by atoms with E-state index in [1.165, 1.54) is 0 Å². The molecule has 0 aliphatic heterocycles. The monoisotopic (exact) mass is 308 g/mol. The van der Waals surface area contributed by atoms with Crippen LogP contribution in [0.4, 0.5) is 0 Å². The van der Waals surface area contributed by atoms with Gasteiger partial charge in [-0.1, -0.05) is 37.6 Å². The van der Waals surface area contributed by atoms with Gasteiger partial charge in [0.15, 0.2) is 5.82 Å². The zero-order chi connectivity index (χ0) is 14.5. The first-order valence-electron chi connectivity index (χ1n) is 6.63. The molecule has 1 N–H and O–H groups in total. The molecule has 0 fully saturated rings. The Bertz CT molecular complexity index is 638. The molecule has 1 heterocycles. The van der Waals surface area contributed by atoms with Gasteiger partial charge >= 0.3 is 0 Å². The fourth-order valence-electron chi connectivity index (χ4n) is 2.01. The van der Waals surface area contributed by atoms with E-state index in [1.54, 1.807) is 10.9 Å². The Morgan fingerprint density at radius 2 is 2.00 bits per heavy atom. The Hall–Kier alpha value is -1.46. The molecule has 1 aromatic carbocycles. The van der Waals surface area contributed by atoms with E-state index >= 15 is 0 Å². The van der Waals surface area contributed by atoms with Crippen molar-refractivity contribution in [1.82, 2.24) is 14.9 Å². The molecule has 0 unspecified atom stereocenters. The Morgan fingerprint density at radius 1 is 1.35 bits per heavy atom. The minimum Gasteiger partial charge on any atom is -0.250 e. The summed E-state index contributed by atoms with van der Waals surface area (Å²) >= 11 is 11.1. The van der Waals surface area contributed by atoms with E-state index in [0.29, 0.717) is 15.7 Å². The average molecular weight is 309 g/mol. The van der Waals surface area contributed by atoms with Crippen molar-refractivity contribution in [2.24, 2.45) is 5.10 Å². The van der Waals surface area contributed by atoms with E-state index in [2.05, 4.69) is 29.1 Å². The maximum absolute atomic E-state index is 5.86. The molecule has 6 heteroatoms. The second kappa shape index (κ2) is 6.81. The summed E-state index contributed by atoms with van der Waals surface area (Å²) in [5, 5.41) is 12.2. The van der Waals surface area contributed by atoms with Crippen LogP contribution < -0.4 is 0 Å². The fourth-order valence-corrected chi connectivity index (χ4v) is 2.32. The third kappa shape index (κ3) is 3.35. The number of aromatic nitrogens is 3. The van der Waals surface area contributed by atoms with Gasteiger partial charge in [0.1, 0.15) is 0 Å². The molecule has 1 aromatic heterocycles. The maximum Gasteiger partial charge on any atom is 0.216 e. The van der Waals surface area contributed by atoms with Gasteiger partial charge < -0.3 is 0 Å². The molecule has 0 aliphatic rings. The van der Waals surface area contributed by atoms with Crippen molar-refractivity contribution in [3.05, 3.63) is 45.4 Å². The molecule has 2 rings (SSSR count). The lowest BCUT2D eigenvalue weighted by Gasteiger charge is -2.10. The molecule has 0 saturated heterocycles. The van der Waals surface area contributed by atoms with Gasteiger partial charge in [-0.05, 0) is 42.8 Å². The highest BCUT2D eigenvalue weighted by atomic mass is 35.5. The van der Waals surface area contributed by atoms with Crippen LogP contribution in [0.5, 0.6) is 0 Å². The maximum atomic E-state index is 5.86. The summed E-state index contributed by atoms with van der Waals surface area (Å²) in [6.45, 7) is 4.28. The number of nitrogens with one attached hydrogen (secondary N) is 1. The van der Waals surface area contributed by atoms with Crippen LogP contribution in [0.1, 0.15) is 44.0 Å². The first kappa shape index (κ1) is 14.9. The van der Waals surface area contributed by atoms with Crippen molar-refractivity contribution >= 4 is 30.0 Å². The molecule has 106 valence electrons. The first-order chi connectivity index (χ1) is 9.65. The van der Waals surface area contributed by atoms with Gasteiger partial charge in [0.25, 0.3) is 0 Å². The van der Waals surface area contributed by atoms with Gasteiger partial charge in [-0.15, -0.1) is 0 Å². The van der Waals surface area contributed by atoms with Crippen molar-refractivity contribution < 1.29 is 0 Å². The van der Waals surface area contributed by atoms with Gasteiger partial charge in [0.05, 0.1) is 6.21 Å². The number of H-pyrrole nitrogens is 1. The van der Waals surface area contributed by atoms with Crippen molar-refractivity contribution in [3.63, 3.8) is 0 Å². The lowest BCUT2D eigenvalue weighted by atomic mass is 10.0. The quantitative estimate of drug-likeness (QED) is 0.658. The summed E-state index contributed by atoms with van der Waals surface area (Å²) in [6.07, 6.45) is 3.77. The number of nitrogens with zero attached hydrogens (tertiary/aromatic N) is 3. The van der Waals surface area contributed by atoms with Gasteiger partial charge in [-0.3, -0.25) is 5.10 Å². The average Bonchev–Trinajstić information content (AvgIpc) is 2.81. The summed E-state index contributed by atoms with van der Waals surface area (Å²) < 4.78 is 2.21. The number of hydrogen-bond donors (Lipinski definition) is 1. The standard InChI is InChI=1S/C14H17ClN4S/c1-3-11(4-2)13-17-18-14(20)19(13)16-9-10-5-7-12(15)8-6-10/h5-9,11H,3-4H2,1-2H3,(H,18,20)/b16-9-. The van der Waals surface area contributed by atoms with Gasteiger partial charge in [-0.25, -0.2) is 0 Å². The SMILES string of the molecule is CCC(CC)c1n[nH]c(=S)n1/N=C\c1ccc(Cl)cc1. The van der Waals surface area contributed by atoms with Crippen LogP contribution in [0.3, 0.4) is 0 Å². The Morgan fingerprint density at radius 3 is 2.60 bits per heavy atom. The lowest BCUT2D eigenvalue weighted by molar-refractivity contribution is 0.571. The molecule has 2 aromatic rings. The summed E-state index contributed by atoms with van der Waals surface area (Å²) in [4.78, 5) is 0. The topological polar surface area (TPSA) is 46.0 Å². The van der Waals surface area contributed by atoms with E-state index in [4.69, 9.17) is 23.8 Å². The van der Waals surface area contributed by atoms with Crippen LogP contribution in [0.15, 0.2) is 29.4 Å². The first-order valence-corrected chi connectivity index (χ1v) is 7.41. The molecule has 20 heavy (non-hydrogen) atoms. The summed E-state index contributed by atoms with van der Waals surface area (Å²) in [6, 6.07) is 7.48.